The van der Waals surface area contributed by atoms with Gasteiger partial charge in [0.15, 0.2) is 5.96 Å². The van der Waals surface area contributed by atoms with Crippen molar-refractivity contribution in [3.63, 3.8) is 0 Å². The normalized spacial score (nSPS) is 20.6. The fourth-order valence-electron chi connectivity index (χ4n) is 2.21. The predicted octanol–water partition coefficient (Wildman–Crippen LogP) is 0.967. The Morgan fingerprint density at radius 3 is 2.95 bits per heavy atom. The SMILES string of the molecule is CCC1CN(C(=NC)NCCN(C)CCOC)CCS1. The second kappa shape index (κ2) is 10.3. The molecule has 0 bridgehead atoms. The van der Waals surface area contributed by atoms with E-state index >= 15 is 0 Å². The molecule has 5 nitrogen and oxygen atoms in total. The molecule has 1 aliphatic rings. The van der Waals surface area contributed by atoms with Gasteiger partial charge in [0, 0.05) is 57.9 Å². The number of aliphatic imine (C=N–C) groups is 1. The fourth-order valence-corrected chi connectivity index (χ4v) is 3.39. The molecule has 20 heavy (non-hydrogen) atoms. The Kier molecular flexibility index (Phi) is 9.05. The van der Waals surface area contributed by atoms with Crippen LogP contribution in [0.3, 0.4) is 0 Å². The molecule has 1 heterocycles. The zero-order valence-electron chi connectivity index (χ0n) is 13.4. The summed E-state index contributed by atoms with van der Waals surface area (Å²) in [6.45, 7) is 8.15. The van der Waals surface area contributed by atoms with Gasteiger partial charge in [0.2, 0.25) is 0 Å². The third-order valence-corrected chi connectivity index (χ3v) is 4.93. The lowest BCUT2D eigenvalue weighted by Gasteiger charge is -2.34. The van der Waals surface area contributed by atoms with Crippen molar-refractivity contribution in [1.29, 1.82) is 0 Å². The van der Waals surface area contributed by atoms with Crippen LogP contribution in [0.1, 0.15) is 13.3 Å². The zero-order chi connectivity index (χ0) is 14.8. The zero-order valence-corrected chi connectivity index (χ0v) is 14.2. The van der Waals surface area contributed by atoms with E-state index in [1.54, 1.807) is 7.11 Å². The highest BCUT2D eigenvalue weighted by atomic mass is 32.2. The van der Waals surface area contributed by atoms with E-state index in [2.05, 4.69) is 45.8 Å². The third-order valence-electron chi connectivity index (χ3n) is 3.56. The number of hydrogen-bond donors (Lipinski definition) is 1. The summed E-state index contributed by atoms with van der Waals surface area (Å²) in [4.78, 5) is 9.08. The van der Waals surface area contributed by atoms with Crippen LogP contribution in [0.2, 0.25) is 0 Å². The number of hydrogen-bond acceptors (Lipinski definition) is 4. The van der Waals surface area contributed by atoms with Crippen molar-refractivity contribution >= 4 is 17.7 Å². The van der Waals surface area contributed by atoms with Crippen molar-refractivity contribution in [1.82, 2.24) is 15.1 Å². The topological polar surface area (TPSA) is 40.1 Å². The first-order valence-electron chi connectivity index (χ1n) is 7.46. The van der Waals surface area contributed by atoms with E-state index in [1.165, 1.54) is 12.2 Å². The van der Waals surface area contributed by atoms with Crippen LogP contribution >= 0.6 is 11.8 Å². The predicted molar refractivity (Wildman–Crippen MR) is 88.8 cm³/mol. The summed E-state index contributed by atoms with van der Waals surface area (Å²) in [5, 5.41) is 4.22. The molecule has 0 spiro atoms. The van der Waals surface area contributed by atoms with Gasteiger partial charge in [0.1, 0.15) is 0 Å². The minimum Gasteiger partial charge on any atom is -0.383 e. The minimum absolute atomic E-state index is 0.742. The van der Waals surface area contributed by atoms with Crippen LogP contribution in [0.25, 0.3) is 0 Å². The molecule has 1 fully saturated rings. The Bertz CT molecular complexity index is 288. The molecule has 0 aliphatic carbocycles. The van der Waals surface area contributed by atoms with Crippen LogP contribution in [0.4, 0.5) is 0 Å². The summed E-state index contributed by atoms with van der Waals surface area (Å²) in [6, 6.07) is 0. The molecule has 118 valence electrons. The van der Waals surface area contributed by atoms with Gasteiger partial charge >= 0.3 is 0 Å². The Morgan fingerprint density at radius 1 is 1.50 bits per heavy atom. The number of guanidine groups is 1. The Balaban J connectivity index is 2.29. The third kappa shape index (κ3) is 6.33. The number of likely N-dealkylation sites (N-methyl/N-ethyl adjacent to an activating group) is 1. The molecule has 0 saturated carbocycles. The summed E-state index contributed by atoms with van der Waals surface area (Å²) in [5.41, 5.74) is 0. The highest BCUT2D eigenvalue weighted by molar-refractivity contribution is 8.00. The van der Waals surface area contributed by atoms with E-state index < -0.39 is 0 Å². The monoisotopic (exact) mass is 302 g/mol. The van der Waals surface area contributed by atoms with Gasteiger partial charge in [-0.2, -0.15) is 11.8 Å². The Hall–Kier alpha value is -0.460. The highest BCUT2D eigenvalue weighted by Crippen LogP contribution is 2.20. The van der Waals surface area contributed by atoms with E-state index in [0.717, 1.165) is 50.5 Å². The summed E-state index contributed by atoms with van der Waals surface area (Å²) < 4.78 is 5.08. The summed E-state index contributed by atoms with van der Waals surface area (Å²) in [5.74, 6) is 2.25. The molecular formula is C14H30N4OS. The van der Waals surface area contributed by atoms with Crippen LogP contribution in [-0.4, -0.2) is 87.3 Å². The molecule has 0 aromatic carbocycles. The van der Waals surface area contributed by atoms with Crippen LogP contribution in [0, 0.1) is 0 Å². The number of nitrogens with zero attached hydrogens (tertiary/aromatic N) is 3. The number of rotatable bonds is 7. The number of thioether (sulfide) groups is 1. The lowest BCUT2D eigenvalue weighted by atomic mass is 10.3. The van der Waals surface area contributed by atoms with Gasteiger partial charge in [-0.1, -0.05) is 6.92 Å². The minimum atomic E-state index is 0.742. The molecule has 0 aromatic heterocycles. The second-order valence-corrected chi connectivity index (χ2v) is 6.53. The number of methoxy groups -OCH3 is 1. The van der Waals surface area contributed by atoms with Crippen LogP contribution in [-0.2, 0) is 4.74 Å². The van der Waals surface area contributed by atoms with Gasteiger partial charge in [-0.3, -0.25) is 4.99 Å². The lowest BCUT2D eigenvalue weighted by Crippen LogP contribution is -2.49. The van der Waals surface area contributed by atoms with Crippen molar-refractivity contribution in [3.8, 4) is 0 Å². The van der Waals surface area contributed by atoms with Crippen molar-refractivity contribution in [2.24, 2.45) is 4.99 Å². The number of ether oxygens (including phenoxy) is 1. The van der Waals surface area contributed by atoms with E-state index in [9.17, 15) is 0 Å². The second-order valence-electron chi connectivity index (χ2n) is 5.12. The molecule has 1 saturated heterocycles. The largest absolute Gasteiger partial charge is 0.383 e. The molecular weight excluding hydrogens is 272 g/mol. The van der Waals surface area contributed by atoms with Gasteiger partial charge < -0.3 is 19.9 Å². The van der Waals surface area contributed by atoms with E-state index in [-0.39, 0.29) is 0 Å². The maximum Gasteiger partial charge on any atom is 0.193 e. The Morgan fingerprint density at radius 2 is 2.30 bits per heavy atom. The summed E-state index contributed by atoms with van der Waals surface area (Å²) >= 11 is 2.09. The van der Waals surface area contributed by atoms with E-state index in [1.807, 2.05) is 7.05 Å². The van der Waals surface area contributed by atoms with Gasteiger partial charge in [-0.05, 0) is 13.5 Å². The maximum atomic E-state index is 5.08. The van der Waals surface area contributed by atoms with Crippen LogP contribution in [0.15, 0.2) is 4.99 Å². The van der Waals surface area contributed by atoms with Crippen molar-refractivity contribution < 1.29 is 4.74 Å². The smallest absolute Gasteiger partial charge is 0.193 e. The molecule has 0 amide bonds. The van der Waals surface area contributed by atoms with Crippen molar-refractivity contribution in [2.45, 2.75) is 18.6 Å². The molecule has 0 aromatic rings. The molecule has 1 atom stereocenters. The molecule has 1 N–H and O–H groups in total. The molecule has 6 heteroatoms. The van der Waals surface area contributed by atoms with Crippen molar-refractivity contribution in [2.75, 3.05) is 66.3 Å². The summed E-state index contributed by atoms with van der Waals surface area (Å²) in [6.07, 6.45) is 1.23. The average molecular weight is 302 g/mol. The lowest BCUT2D eigenvalue weighted by molar-refractivity contribution is 0.162. The molecule has 1 aliphatic heterocycles. The van der Waals surface area contributed by atoms with Gasteiger partial charge in [-0.15, -0.1) is 0 Å². The first-order chi connectivity index (χ1) is 9.71. The standard InChI is InChI=1S/C14H30N4OS/c1-5-13-12-18(9-11-20-13)14(15-2)16-6-7-17(3)8-10-19-4/h13H,5-12H2,1-4H3,(H,15,16). The van der Waals surface area contributed by atoms with Crippen LogP contribution < -0.4 is 5.32 Å². The molecule has 1 unspecified atom stereocenters. The average Bonchev–Trinajstić information content (AvgIpc) is 2.49. The number of nitrogens with one attached hydrogen (secondary N) is 1. The van der Waals surface area contributed by atoms with Crippen LogP contribution in [0.5, 0.6) is 0 Å². The quantitative estimate of drug-likeness (QED) is 0.560. The first kappa shape index (κ1) is 17.6. The Labute approximate surface area is 128 Å². The highest BCUT2D eigenvalue weighted by Gasteiger charge is 2.21. The first-order valence-corrected chi connectivity index (χ1v) is 8.50. The van der Waals surface area contributed by atoms with Gasteiger partial charge in [-0.25, -0.2) is 0 Å². The van der Waals surface area contributed by atoms with Gasteiger partial charge in [0.05, 0.1) is 6.61 Å². The van der Waals surface area contributed by atoms with Gasteiger partial charge in [0.25, 0.3) is 0 Å². The maximum absolute atomic E-state index is 5.08. The molecule has 0 radical (unpaired) electrons. The fraction of sp³-hybridized carbons (Fsp3) is 0.929. The van der Waals surface area contributed by atoms with Crippen molar-refractivity contribution in [3.05, 3.63) is 0 Å². The van der Waals surface area contributed by atoms with E-state index in [0.29, 0.717) is 0 Å². The van der Waals surface area contributed by atoms with E-state index in [4.69, 9.17) is 4.74 Å². The molecule has 1 rings (SSSR count). The summed E-state index contributed by atoms with van der Waals surface area (Å²) in [7, 11) is 5.74.